The van der Waals surface area contributed by atoms with Crippen molar-refractivity contribution in [1.82, 2.24) is 5.32 Å². The van der Waals surface area contributed by atoms with Crippen LogP contribution in [0.25, 0.3) is 0 Å². The highest BCUT2D eigenvalue weighted by molar-refractivity contribution is 5.80. The molecule has 0 aliphatic rings. The van der Waals surface area contributed by atoms with Crippen molar-refractivity contribution in [3.63, 3.8) is 0 Å². The molecule has 0 aromatic carbocycles. The zero-order valence-corrected chi connectivity index (χ0v) is 37.8. The third-order valence-electron chi connectivity index (χ3n) is 11.8. The Morgan fingerprint density at radius 1 is 0.429 bits per heavy atom. The number of hydrogen-bond acceptors (Lipinski definition) is 4. The van der Waals surface area contributed by atoms with Gasteiger partial charge in [-0.15, -0.1) is 0 Å². The van der Waals surface area contributed by atoms with Gasteiger partial charge in [0.15, 0.2) is 0 Å². The van der Waals surface area contributed by atoms with Gasteiger partial charge in [0.2, 0.25) is 5.91 Å². The minimum atomic E-state index is -1.09. The van der Waals surface area contributed by atoms with Gasteiger partial charge in [0.1, 0.15) is 6.10 Å². The van der Waals surface area contributed by atoms with Crippen molar-refractivity contribution in [2.24, 2.45) is 0 Å². The highest BCUT2D eigenvalue weighted by Crippen LogP contribution is 2.16. The van der Waals surface area contributed by atoms with Gasteiger partial charge in [0, 0.05) is 0 Å². The molecular formula is C51H99NO4. The van der Waals surface area contributed by atoms with E-state index in [0.717, 1.165) is 32.1 Å². The minimum absolute atomic E-state index is 0.361. The van der Waals surface area contributed by atoms with Crippen molar-refractivity contribution in [2.75, 3.05) is 6.61 Å². The number of aliphatic hydroxyl groups excluding tert-OH is 3. The van der Waals surface area contributed by atoms with E-state index in [1.807, 2.05) is 6.08 Å². The molecule has 5 nitrogen and oxygen atoms in total. The van der Waals surface area contributed by atoms with Crippen molar-refractivity contribution in [1.29, 1.82) is 0 Å². The molecule has 0 spiro atoms. The summed E-state index contributed by atoms with van der Waals surface area (Å²) in [6.45, 7) is 4.18. The standard InChI is InChI=1S/C51H99NO4/c1-3-5-7-9-11-13-15-16-17-18-19-20-21-22-23-24-25-26-27-28-29-30-31-32-33-34-36-38-40-42-44-46-50(55)51(56)52-48(47-53)49(54)45-43-41-39-37-35-14-12-10-8-6-4-2/h22-23,43,45,48-50,53-55H,3-21,24-42,44,46-47H2,1-2H3,(H,52,56)/b23-22-,45-43+. The van der Waals surface area contributed by atoms with Crippen LogP contribution in [-0.4, -0.2) is 46.1 Å². The van der Waals surface area contributed by atoms with E-state index in [1.54, 1.807) is 6.08 Å². The Labute approximate surface area is 350 Å². The number of nitrogens with one attached hydrogen (secondary N) is 1. The van der Waals surface area contributed by atoms with Crippen molar-refractivity contribution in [3.8, 4) is 0 Å². The lowest BCUT2D eigenvalue weighted by molar-refractivity contribution is -0.131. The molecular weight excluding hydrogens is 691 g/mol. The number of hydrogen-bond donors (Lipinski definition) is 4. The molecule has 0 rings (SSSR count). The number of aliphatic hydroxyl groups is 3. The monoisotopic (exact) mass is 790 g/mol. The molecule has 0 saturated carbocycles. The van der Waals surface area contributed by atoms with Crippen LogP contribution in [0.4, 0.5) is 0 Å². The van der Waals surface area contributed by atoms with Gasteiger partial charge in [-0.05, 0) is 44.9 Å². The van der Waals surface area contributed by atoms with Crippen LogP contribution in [0, 0.1) is 0 Å². The molecule has 56 heavy (non-hydrogen) atoms. The molecule has 3 atom stereocenters. The zero-order chi connectivity index (χ0) is 40.8. The van der Waals surface area contributed by atoms with Crippen LogP contribution >= 0.6 is 0 Å². The molecule has 0 saturated heterocycles. The molecule has 0 aromatic rings. The second-order valence-corrected chi connectivity index (χ2v) is 17.4. The maximum Gasteiger partial charge on any atom is 0.249 e. The van der Waals surface area contributed by atoms with Crippen LogP contribution in [0.3, 0.4) is 0 Å². The first-order valence-corrected chi connectivity index (χ1v) is 25.2. The van der Waals surface area contributed by atoms with Gasteiger partial charge in [-0.2, -0.15) is 0 Å². The fourth-order valence-corrected chi connectivity index (χ4v) is 7.83. The third-order valence-corrected chi connectivity index (χ3v) is 11.8. The lowest BCUT2D eigenvalue weighted by Gasteiger charge is -2.21. The number of carbonyl (C=O) groups is 1. The van der Waals surface area contributed by atoms with Gasteiger partial charge in [0.05, 0.1) is 18.8 Å². The molecule has 0 bridgehead atoms. The average molecular weight is 790 g/mol. The molecule has 0 fully saturated rings. The van der Waals surface area contributed by atoms with Gasteiger partial charge in [-0.1, -0.05) is 250 Å². The van der Waals surface area contributed by atoms with E-state index in [2.05, 4.69) is 31.3 Å². The molecule has 0 aliphatic carbocycles. The topological polar surface area (TPSA) is 89.8 Å². The molecule has 332 valence electrons. The summed E-state index contributed by atoms with van der Waals surface area (Å²) in [5.41, 5.74) is 0. The van der Waals surface area contributed by atoms with Crippen LogP contribution in [0.1, 0.15) is 271 Å². The number of carbonyl (C=O) groups excluding carboxylic acids is 1. The van der Waals surface area contributed by atoms with Crippen molar-refractivity contribution >= 4 is 5.91 Å². The predicted octanol–water partition coefficient (Wildman–Crippen LogP) is 14.9. The molecule has 0 aliphatic heterocycles. The van der Waals surface area contributed by atoms with E-state index < -0.39 is 24.2 Å². The van der Waals surface area contributed by atoms with Crippen molar-refractivity contribution < 1.29 is 20.1 Å². The van der Waals surface area contributed by atoms with E-state index in [-0.39, 0.29) is 6.61 Å². The molecule has 3 unspecified atom stereocenters. The third kappa shape index (κ3) is 41.0. The molecule has 1 amide bonds. The molecule has 0 radical (unpaired) electrons. The summed E-state index contributed by atoms with van der Waals surface area (Å²) < 4.78 is 0. The molecule has 5 heteroatoms. The smallest absolute Gasteiger partial charge is 0.249 e. The Kier molecular flexibility index (Phi) is 45.5. The first-order valence-electron chi connectivity index (χ1n) is 25.2. The van der Waals surface area contributed by atoms with Crippen LogP contribution in [0.15, 0.2) is 24.3 Å². The fourth-order valence-electron chi connectivity index (χ4n) is 7.83. The first-order chi connectivity index (χ1) is 27.6. The largest absolute Gasteiger partial charge is 0.394 e. The van der Waals surface area contributed by atoms with E-state index in [4.69, 9.17) is 0 Å². The predicted molar refractivity (Wildman–Crippen MR) is 245 cm³/mol. The summed E-state index contributed by atoms with van der Waals surface area (Å²) in [6.07, 6.45) is 58.2. The molecule has 4 N–H and O–H groups in total. The van der Waals surface area contributed by atoms with Crippen LogP contribution in [0.5, 0.6) is 0 Å². The average Bonchev–Trinajstić information content (AvgIpc) is 3.20. The van der Waals surface area contributed by atoms with Gasteiger partial charge in [-0.25, -0.2) is 0 Å². The summed E-state index contributed by atoms with van der Waals surface area (Å²) >= 11 is 0. The Bertz CT molecular complexity index is 829. The SMILES string of the molecule is CCCCCCCCCCC/C=C/C(O)C(CO)NC(=O)C(O)CCCCCCCCCCCCCCCCC/C=C\CCCCCCCCCCCCCC. The maximum atomic E-state index is 12.5. The van der Waals surface area contributed by atoms with Crippen molar-refractivity contribution in [3.05, 3.63) is 24.3 Å². The number of amides is 1. The van der Waals surface area contributed by atoms with Crippen molar-refractivity contribution in [2.45, 2.75) is 289 Å². The summed E-state index contributed by atoms with van der Waals surface area (Å²) in [6, 6.07) is -0.794. The quantitative estimate of drug-likeness (QED) is 0.0365. The lowest BCUT2D eigenvalue weighted by atomic mass is 10.0. The Hall–Kier alpha value is -1.17. The van der Waals surface area contributed by atoms with Gasteiger partial charge >= 0.3 is 0 Å². The number of allylic oxidation sites excluding steroid dienone is 3. The summed E-state index contributed by atoms with van der Waals surface area (Å²) in [7, 11) is 0. The van der Waals surface area contributed by atoms with E-state index in [9.17, 15) is 20.1 Å². The second-order valence-electron chi connectivity index (χ2n) is 17.4. The summed E-state index contributed by atoms with van der Waals surface area (Å²) in [5, 5.41) is 33.1. The summed E-state index contributed by atoms with van der Waals surface area (Å²) in [4.78, 5) is 12.5. The maximum absolute atomic E-state index is 12.5. The Morgan fingerprint density at radius 2 is 0.714 bits per heavy atom. The number of unbranched alkanes of at least 4 members (excludes halogenated alkanes) is 36. The van der Waals surface area contributed by atoms with E-state index >= 15 is 0 Å². The minimum Gasteiger partial charge on any atom is -0.394 e. The van der Waals surface area contributed by atoms with Crippen LogP contribution in [-0.2, 0) is 4.79 Å². The van der Waals surface area contributed by atoms with Gasteiger partial charge < -0.3 is 20.6 Å². The Morgan fingerprint density at radius 3 is 1.04 bits per heavy atom. The fraction of sp³-hybridized carbons (Fsp3) is 0.902. The second kappa shape index (κ2) is 46.5. The van der Waals surface area contributed by atoms with Crippen LogP contribution in [0.2, 0.25) is 0 Å². The normalized spacial score (nSPS) is 13.6. The highest BCUT2D eigenvalue weighted by Gasteiger charge is 2.22. The van der Waals surface area contributed by atoms with E-state index in [1.165, 1.54) is 218 Å². The van der Waals surface area contributed by atoms with Crippen LogP contribution < -0.4 is 5.32 Å². The highest BCUT2D eigenvalue weighted by atomic mass is 16.3. The summed E-state index contributed by atoms with van der Waals surface area (Å²) in [5.74, 6) is -0.501. The lowest BCUT2D eigenvalue weighted by Crippen LogP contribution is -2.48. The van der Waals surface area contributed by atoms with E-state index in [0.29, 0.717) is 6.42 Å². The first kappa shape index (κ1) is 54.8. The Balaban J connectivity index is 3.50. The molecule has 0 aromatic heterocycles. The van der Waals surface area contributed by atoms with Gasteiger partial charge in [0.25, 0.3) is 0 Å². The molecule has 0 heterocycles. The number of rotatable bonds is 46. The zero-order valence-electron chi connectivity index (χ0n) is 37.8. The van der Waals surface area contributed by atoms with Gasteiger partial charge in [-0.3, -0.25) is 4.79 Å².